The van der Waals surface area contributed by atoms with Crippen molar-refractivity contribution >= 4 is 11.8 Å². The van der Waals surface area contributed by atoms with Gasteiger partial charge in [-0.15, -0.1) is 0 Å². The van der Waals surface area contributed by atoms with Crippen molar-refractivity contribution in [2.75, 3.05) is 33.7 Å². The van der Waals surface area contributed by atoms with E-state index in [1.807, 2.05) is 21.0 Å². The van der Waals surface area contributed by atoms with Crippen molar-refractivity contribution in [3.05, 3.63) is 0 Å². The lowest BCUT2D eigenvalue weighted by Crippen LogP contribution is -2.52. The van der Waals surface area contributed by atoms with Crippen molar-refractivity contribution < 1.29 is 9.59 Å². The number of nitrogens with one attached hydrogen (secondary N) is 1. The lowest BCUT2D eigenvalue weighted by Gasteiger charge is -2.36. The molecule has 1 aliphatic heterocycles. The Bertz CT molecular complexity index is 294. The lowest BCUT2D eigenvalue weighted by atomic mass is 10.0. The van der Waals surface area contributed by atoms with Crippen LogP contribution in [-0.2, 0) is 9.59 Å². The molecule has 5 heteroatoms. The molecule has 5 nitrogen and oxygen atoms in total. The van der Waals surface area contributed by atoms with Crippen molar-refractivity contribution in [3.8, 4) is 0 Å². The second-order valence-electron chi connectivity index (χ2n) is 4.82. The van der Waals surface area contributed by atoms with Gasteiger partial charge in [-0.25, -0.2) is 0 Å². The molecule has 0 radical (unpaired) electrons. The number of carbonyl (C=O) groups is 2. The van der Waals surface area contributed by atoms with Crippen molar-refractivity contribution in [2.24, 2.45) is 0 Å². The zero-order valence-corrected chi connectivity index (χ0v) is 11.7. The van der Waals surface area contributed by atoms with Crippen LogP contribution >= 0.6 is 0 Å². The van der Waals surface area contributed by atoms with Gasteiger partial charge in [0.05, 0.1) is 0 Å². The van der Waals surface area contributed by atoms with Crippen LogP contribution in [0.3, 0.4) is 0 Å². The van der Waals surface area contributed by atoms with Crippen LogP contribution < -0.4 is 5.32 Å². The van der Waals surface area contributed by atoms with Gasteiger partial charge < -0.3 is 15.1 Å². The number of hydrogen-bond donors (Lipinski definition) is 1. The average Bonchev–Trinajstić information content (AvgIpc) is 2.43. The summed E-state index contributed by atoms with van der Waals surface area (Å²) in [6, 6.07) is -0.243. The summed E-state index contributed by atoms with van der Waals surface area (Å²) in [6.07, 6.45) is 3.32. The van der Waals surface area contributed by atoms with Gasteiger partial charge in [-0.2, -0.15) is 0 Å². The maximum atomic E-state index is 12.3. The van der Waals surface area contributed by atoms with E-state index in [4.69, 9.17) is 0 Å². The van der Waals surface area contributed by atoms with E-state index in [-0.39, 0.29) is 17.9 Å². The zero-order chi connectivity index (χ0) is 13.5. The third-order valence-electron chi connectivity index (χ3n) is 3.48. The van der Waals surface area contributed by atoms with E-state index >= 15 is 0 Å². The summed E-state index contributed by atoms with van der Waals surface area (Å²) < 4.78 is 0. The molecular formula is C13H25N3O2. The van der Waals surface area contributed by atoms with Crippen LogP contribution in [0.25, 0.3) is 0 Å². The van der Waals surface area contributed by atoms with Crippen molar-refractivity contribution in [1.82, 2.24) is 15.1 Å². The van der Waals surface area contributed by atoms with Crippen molar-refractivity contribution in [2.45, 2.75) is 38.6 Å². The van der Waals surface area contributed by atoms with Gasteiger partial charge in [0.1, 0.15) is 6.04 Å². The number of carbonyl (C=O) groups excluding carboxylic acids is 2. The second kappa shape index (κ2) is 7.36. The molecule has 1 saturated heterocycles. The van der Waals surface area contributed by atoms with E-state index in [1.165, 1.54) is 0 Å². The highest BCUT2D eigenvalue weighted by molar-refractivity contribution is 5.87. The van der Waals surface area contributed by atoms with E-state index in [0.717, 1.165) is 32.4 Å². The number of rotatable bonds is 5. The molecule has 104 valence electrons. The molecule has 1 rings (SSSR count). The number of likely N-dealkylation sites (N-methyl/N-ethyl adjacent to an activating group) is 2. The topological polar surface area (TPSA) is 52.7 Å². The first-order valence-corrected chi connectivity index (χ1v) is 6.80. The Morgan fingerprint density at radius 1 is 1.39 bits per heavy atom. The molecular weight excluding hydrogens is 230 g/mol. The molecule has 0 spiro atoms. The average molecular weight is 255 g/mol. The predicted molar refractivity (Wildman–Crippen MR) is 71.2 cm³/mol. The SMILES string of the molecule is CCC(=O)N1CCCCC1C(=O)N(C)CCNC. The molecule has 0 aliphatic carbocycles. The Hall–Kier alpha value is -1.10. The molecule has 1 aliphatic rings. The highest BCUT2D eigenvalue weighted by atomic mass is 16.2. The van der Waals surface area contributed by atoms with Gasteiger partial charge in [-0.05, 0) is 26.3 Å². The van der Waals surface area contributed by atoms with Gasteiger partial charge in [-0.3, -0.25) is 9.59 Å². The predicted octanol–water partition coefficient (Wildman–Crippen LogP) is 0.455. The summed E-state index contributed by atoms with van der Waals surface area (Å²) in [6.45, 7) is 4.03. The monoisotopic (exact) mass is 255 g/mol. The molecule has 0 aromatic rings. The highest BCUT2D eigenvalue weighted by Gasteiger charge is 2.32. The van der Waals surface area contributed by atoms with Crippen LogP contribution in [0.4, 0.5) is 0 Å². The quantitative estimate of drug-likeness (QED) is 0.776. The molecule has 0 bridgehead atoms. The van der Waals surface area contributed by atoms with Crippen molar-refractivity contribution in [1.29, 1.82) is 0 Å². The minimum Gasteiger partial charge on any atom is -0.343 e. The molecule has 1 N–H and O–H groups in total. The first-order valence-electron chi connectivity index (χ1n) is 6.80. The van der Waals surface area contributed by atoms with E-state index in [9.17, 15) is 9.59 Å². The first-order chi connectivity index (χ1) is 8.61. The fourth-order valence-corrected chi connectivity index (χ4v) is 2.33. The summed E-state index contributed by atoms with van der Waals surface area (Å²) in [4.78, 5) is 27.7. The molecule has 0 aromatic carbocycles. The molecule has 1 unspecified atom stereocenters. The number of hydrogen-bond acceptors (Lipinski definition) is 3. The van der Waals surface area contributed by atoms with Gasteiger partial charge in [0.25, 0.3) is 0 Å². The van der Waals surface area contributed by atoms with Crippen molar-refractivity contribution in [3.63, 3.8) is 0 Å². The summed E-state index contributed by atoms with van der Waals surface area (Å²) in [5.74, 6) is 0.168. The minimum absolute atomic E-state index is 0.0757. The van der Waals surface area contributed by atoms with Crippen LogP contribution in [0.1, 0.15) is 32.6 Å². The first kappa shape index (κ1) is 15.0. The maximum Gasteiger partial charge on any atom is 0.245 e. The Labute approximate surface area is 110 Å². The Morgan fingerprint density at radius 3 is 2.72 bits per heavy atom. The molecule has 0 aromatic heterocycles. The van der Waals surface area contributed by atoms with Crippen LogP contribution in [0.5, 0.6) is 0 Å². The zero-order valence-electron chi connectivity index (χ0n) is 11.7. The highest BCUT2D eigenvalue weighted by Crippen LogP contribution is 2.19. The fourth-order valence-electron chi connectivity index (χ4n) is 2.33. The van der Waals surface area contributed by atoms with E-state index in [2.05, 4.69) is 5.32 Å². The van der Waals surface area contributed by atoms with Gasteiger partial charge in [0.15, 0.2) is 0 Å². The smallest absolute Gasteiger partial charge is 0.245 e. The maximum absolute atomic E-state index is 12.3. The standard InChI is InChI=1S/C13H25N3O2/c1-4-12(17)16-9-6-5-7-11(16)13(18)15(3)10-8-14-2/h11,14H,4-10H2,1-3H3. The van der Waals surface area contributed by atoms with Gasteiger partial charge in [-0.1, -0.05) is 6.92 Å². The van der Waals surface area contributed by atoms with Gasteiger partial charge >= 0.3 is 0 Å². The number of piperidine rings is 1. The van der Waals surface area contributed by atoms with Crippen LogP contribution in [0.15, 0.2) is 0 Å². The molecule has 2 amide bonds. The molecule has 0 saturated carbocycles. The van der Waals surface area contributed by atoms with Crippen LogP contribution in [-0.4, -0.2) is 61.4 Å². The molecule has 1 heterocycles. The third-order valence-corrected chi connectivity index (χ3v) is 3.48. The normalized spacial score (nSPS) is 19.7. The Morgan fingerprint density at radius 2 is 2.11 bits per heavy atom. The Kier molecular flexibility index (Phi) is 6.12. The van der Waals surface area contributed by atoms with Gasteiger partial charge in [0.2, 0.25) is 11.8 Å². The van der Waals surface area contributed by atoms with Gasteiger partial charge in [0, 0.05) is 33.1 Å². The summed E-state index contributed by atoms with van der Waals surface area (Å²) in [7, 11) is 3.68. The minimum atomic E-state index is -0.243. The van der Waals surface area contributed by atoms with Crippen LogP contribution in [0.2, 0.25) is 0 Å². The van der Waals surface area contributed by atoms with E-state index < -0.39 is 0 Å². The number of nitrogens with zero attached hydrogens (tertiary/aromatic N) is 2. The van der Waals surface area contributed by atoms with Crippen LogP contribution in [0, 0.1) is 0 Å². The number of likely N-dealkylation sites (tertiary alicyclic amines) is 1. The Balaban J connectivity index is 2.64. The number of amides is 2. The summed E-state index contributed by atoms with van der Waals surface area (Å²) in [5, 5.41) is 3.03. The summed E-state index contributed by atoms with van der Waals surface area (Å²) >= 11 is 0. The van der Waals surface area contributed by atoms with E-state index in [1.54, 1.807) is 9.80 Å². The fraction of sp³-hybridized carbons (Fsp3) is 0.846. The molecule has 1 atom stereocenters. The molecule has 1 fully saturated rings. The molecule has 18 heavy (non-hydrogen) atoms. The largest absolute Gasteiger partial charge is 0.343 e. The third kappa shape index (κ3) is 3.70. The lowest BCUT2D eigenvalue weighted by molar-refractivity contribution is -0.146. The second-order valence-corrected chi connectivity index (χ2v) is 4.82. The van der Waals surface area contributed by atoms with E-state index in [0.29, 0.717) is 13.0 Å². The summed E-state index contributed by atoms with van der Waals surface area (Å²) in [5.41, 5.74) is 0.